The molecular weight excluding hydrogens is 224 g/mol. The standard InChI is InChI=1S/C15H24N2O/c1-3-17-10-6-9-14(16)15(17)13-8-5-4-7-12(13)11-18-2/h4-5,7-8,14-15H,3,6,9-11,16H2,1-2H3. The van der Waals surface area contributed by atoms with E-state index in [4.69, 9.17) is 10.5 Å². The first-order valence-electron chi connectivity index (χ1n) is 6.84. The average molecular weight is 248 g/mol. The van der Waals surface area contributed by atoms with E-state index in [1.54, 1.807) is 7.11 Å². The van der Waals surface area contributed by atoms with E-state index in [0.29, 0.717) is 12.6 Å². The number of methoxy groups -OCH3 is 1. The molecule has 1 aliphatic rings. The molecule has 3 heteroatoms. The third-order valence-electron chi connectivity index (χ3n) is 3.86. The highest BCUT2D eigenvalue weighted by molar-refractivity contribution is 5.31. The van der Waals surface area contributed by atoms with Crippen LogP contribution in [0.1, 0.15) is 36.9 Å². The second-order valence-corrected chi connectivity index (χ2v) is 5.01. The summed E-state index contributed by atoms with van der Waals surface area (Å²) in [6.07, 6.45) is 2.32. The Balaban J connectivity index is 2.32. The second-order valence-electron chi connectivity index (χ2n) is 5.01. The predicted molar refractivity (Wildman–Crippen MR) is 74.4 cm³/mol. The monoisotopic (exact) mass is 248 g/mol. The molecule has 100 valence electrons. The van der Waals surface area contributed by atoms with Crippen LogP contribution < -0.4 is 5.73 Å². The third-order valence-corrected chi connectivity index (χ3v) is 3.86. The first kappa shape index (κ1) is 13.5. The summed E-state index contributed by atoms with van der Waals surface area (Å²) in [6.45, 7) is 5.08. The summed E-state index contributed by atoms with van der Waals surface area (Å²) in [6, 6.07) is 9.10. The van der Waals surface area contributed by atoms with Gasteiger partial charge in [-0.15, -0.1) is 0 Å². The highest BCUT2D eigenvalue weighted by atomic mass is 16.5. The quantitative estimate of drug-likeness (QED) is 0.888. The number of hydrogen-bond donors (Lipinski definition) is 1. The van der Waals surface area contributed by atoms with Gasteiger partial charge in [-0.1, -0.05) is 31.2 Å². The number of rotatable bonds is 4. The van der Waals surface area contributed by atoms with Gasteiger partial charge in [-0.3, -0.25) is 4.90 Å². The maximum Gasteiger partial charge on any atom is 0.0716 e. The van der Waals surface area contributed by atoms with E-state index in [9.17, 15) is 0 Å². The molecule has 1 aromatic carbocycles. The molecule has 0 radical (unpaired) electrons. The maximum absolute atomic E-state index is 6.36. The predicted octanol–water partition coefficient (Wildman–Crippen LogP) is 2.32. The van der Waals surface area contributed by atoms with Gasteiger partial charge in [-0.25, -0.2) is 0 Å². The second kappa shape index (κ2) is 6.32. The van der Waals surface area contributed by atoms with Gasteiger partial charge in [0.25, 0.3) is 0 Å². The van der Waals surface area contributed by atoms with Gasteiger partial charge in [0.2, 0.25) is 0 Å². The third kappa shape index (κ3) is 2.74. The molecule has 1 aliphatic heterocycles. The lowest BCUT2D eigenvalue weighted by Gasteiger charge is -2.40. The van der Waals surface area contributed by atoms with E-state index >= 15 is 0 Å². The molecule has 1 heterocycles. The van der Waals surface area contributed by atoms with Crippen molar-refractivity contribution < 1.29 is 4.74 Å². The van der Waals surface area contributed by atoms with Gasteiger partial charge in [0.15, 0.2) is 0 Å². The van der Waals surface area contributed by atoms with E-state index < -0.39 is 0 Å². The van der Waals surface area contributed by atoms with Crippen molar-refractivity contribution in [2.45, 2.75) is 38.5 Å². The van der Waals surface area contributed by atoms with Gasteiger partial charge in [0.1, 0.15) is 0 Å². The first-order valence-corrected chi connectivity index (χ1v) is 6.84. The van der Waals surface area contributed by atoms with Crippen LogP contribution in [0.15, 0.2) is 24.3 Å². The molecule has 18 heavy (non-hydrogen) atoms. The van der Waals surface area contributed by atoms with Crippen molar-refractivity contribution in [2.75, 3.05) is 20.2 Å². The zero-order chi connectivity index (χ0) is 13.0. The van der Waals surface area contributed by atoms with Gasteiger partial charge in [0, 0.05) is 13.2 Å². The molecule has 0 spiro atoms. The summed E-state index contributed by atoms with van der Waals surface area (Å²) in [5.41, 5.74) is 8.97. The van der Waals surface area contributed by atoms with Gasteiger partial charge < -0.3 is 10.5 Å². The Hall–Kier alpha value is -0.900. The minimum atomic E-state index is 0.233. The van der Waals surface area contributed by atoms with Gasteiger partial charge >= 0.3 is 0 Å². The van der Waals surface area contributed by atoms with E-state index in [0.717, 1.165) is 19.5 Å². The molecule has 0 bridgehead atoms. The topological polar surface area (TPSA) is 38.5 Å². The summed E-state index contributed by atoms with van der Waals surface area (Å²) < 4.78 is 5.30. The van der Waals surface area contributed by atoms with Crippen molar-refractivity contribution in [3.05, 3.63) is 35.4 Å². The van der Waals surface area contributed by atoms with Crippen molar-refractivity contribution >= 4 is 0 Å². The summed E-state index contributed by atoms with van der Waals surface area (Å²) in [5.74, 6) is 0. The van der Waals surface area contributed by atoms with Crippen LogP contribution in [-0.2, 0) is 11.3 Å². The van der Waals surface area contributed by atoms with Crippen molar-refractivity contribution in [1.82, 2.24) is 4.90 Å². The normalized spacial score (nSPS) is 25.3. The van der Waals surface area contributed by atoms with Crippen LogP contribution in [0, 0.1) is 0 Å². The first-order chi connectivity index (χ1) is 8.77. The highest BCUT2D eigenvalue weighted by Gasteiger charge is 2.30. The number of likely N-dealkylation sites (N-methyl/N-ethyl adjacent to an activating group) is 1. The molecule has 2 atom stereocenters. The zero-order valence-electron chi connectivity index (χ0n) is 11.4. The van der Waals surface area contributed by atoms with Crippen molar-refractivity contribution in [2.24, 2.45) is 5.73 Å². The number of nitrogens with two attached hydrogens (primary N) is 1. The van der Waals surface area contributed by atoms with Gasteiger partial charge in [-0.2, -0.15) is 0 Å². The largest absolute Gasteiger partial charge is 0.380 e. The Morgan fingerprint density at radius 2 is 2.17 bits per heavy atom. The van der Waals surface area contributed by atoms with Crippen LogP contribution in [-0.4, -0.2) is 31.1 Å². The van der Waals surface area contributed by atoms with E-state index in [-0.39, 0.29) is 6.04 Å². The Morgan fingerprint density at radius 3 is 2.89 bits per heavy atom. The van der Waals surface area contributed by atoms with E-state index in [2.05, 4.69) is 36.1 Å². The van der Waals surface area contributed by atoms with Crippen molar-refractivity contribution in [3.63, 3.8) is 0 Å². The number of nitrogens with zero attached hydrogens (tertiary/aromatic N) is 1. The number of ether oxygens (including phenoxy) is 1. The molecule has 0 amide bonds. The molecule has 0 aromatic heterocycles. The molecule has 2 rings (SSSR count). The number of hydrogen-bond acceptors (Lipinski definition) is 3. The fourth-order valence-electron chi connectivity index (χ4n) is 2.99. The van der Waals surface area contributed by atoms with Gasteiger partial charge in [0.05, 0.1) is 12.6 Å². The van der Waals surface area contributed by atoms with Crippen LogP contribution >= 0.6 is 0 Å². The fourth-order valence-corrected chi connectivity index (χ4v) is 2.99. The molecular formula is C15H24N2O. The molecule has 0 aliphatic carbocycles. The summed E-state index contributed by atoms with van der Waals surface area (Å²) >= 11 is 0. The molecule has 1 aromatic rings. The van der Waals surface area contributed by atoms with Crippen LogP contribution in [0.3, 0.4) is 0 Å². The fraction of sp³-hybridized carbons (Fsp3) is 0.600. The summed E-state index contributed by atoms with van der Waals surface area (Å²) in [4.78, 5) is 2.49. The number of benzene rings is 1. The molecule has 2 N–H and O–H groups in total. The minimum Gasteiger partial charge on any atom is -0.380 e. The average Bonchev–Trinajstić information content (AvgIpc) is 2.40. The van der Waals surface area contributed by atoms with Crippen LogP contribution in [0.5, 0.6) is 0 Å². The SMILES string of the molecule is CCN1CCCC(N)C1c1ccccc1COC. The van der Waals surface area contributed by atoms with Crippen LogP contribution in [0.25, 0.3) is 0 Å². The summed E-state index contributed by atoms with van der Waals surface area (Å²) in [5, 5.41) is 0. The Labute approximate surface area is 110 Å². The molecule has 1 fully saturated rings. The lowest BCUT2D eigenvalue weighted by molar-refractivity contribution is 0.130. The van der Waals surface area contributed by atoms with Gasteiger partial charge in [-0.05, 0) is 37.1 Å². The Kier molecular flexibility index (Phi) is 4.75. The van der Waals surface area contributed by atoms with Crippen LogP contribution in [0.2, 0.25) is 0 Å². The number of likely N-dealkylation sites (tertiary alicyclic amines) is 1. The van der Waals surface area contributed by atoms with E-state index in [1.165, 1.54) is 17.5 Å². The van der Waals surface area contributed by atoms with Crippen LogP contribution in [0.4, 0.5) is 0 Å². The lowest BCUT2D eigenvalue weighted by Crippen LogP contribution is -2.46. The molecule has 1 saturated heterocycles. The summed E-state index contributed by atoms with van der Waals surface area (Å²) in [7, 11) is 1.75. The Bertz CT molecular complexity index is 381. The lowest BCUT2D eigenvalue weighted by atomic mass is 9.88. The van der Waals surface area contributed by atoms with Crippen molar-refractivity contribution in [3.8, 4) is 0 Å². The maximum atomic E-state index is 6.36. The van der Waals surface area contributed by atoms with E-state index in [1.807, 2.05) is 0 Å². The number of piperidine rings is 1. The zero-order valence-corrected chi connectivity index (χ0v) is 11.4. The minimum absolute atomic E-state index is 0.233. The highest BCUT2D eigenvalue weighted by Crippen LogP contribution is 2.32. The molecule has 2 unspecified atom stereocenters. The smallest absolute Gasteiger partial charge is 0.0716 e. The Morgan fingerprint density at radius 1 is 1.39 bits per heavy atom. The van der Waals surface area contributed by atoms with Crippen molar-refractivity contribution in [1.29, 1.82) is 0 Å². The molecule has 0 saturated carbocycles. The molecule has 3 nitrogen and oxygen atoms in total.